The number of hydrogen-bond donors (Lipinski definition) is 2. The van der Waals surface area contributed by atoms with E-state index in [0.29, 0.717) is 43.1 Å². The van der Waals surface area contributed by atoms with E-state index in [4.69, 9.17) is 0 Å². The zero-order chi connectivity index (χ0) is 23.0. The average molecular weight is 483 g/mol. The van der Waals surface area contributed by atoms with Gasteiger partial charge in [0.15, 0.2) is 0 Å². The van der Waals surface area contributed by atoms with Crippen LogP contribution in [0.1, 0.15) is 50.3 Å². The van der Waals surface area contributed by atoms with Gasteiger partial charge in [-0.2, -0.15) is 0 Å². The molecule has 172 valence electrons. The molecule has 0 unspecified atom stereocenters. The lowest BCUT2D eigenvalue weighted by atomic mass is 9.97. The molecule has 1 fully saturated rings. The van der Waals surface area contributed by atoms with Crippen molar-refractivity contribution in [1.82, 2.24) is 30.2 Å². The first-order chi connectivity index (χ1) is 16.2. The third-order valence-electron chi connectivity index (χ3n) is 5.46. The van der Waals surface area contributed by atoms with Crippen molar-refractivity contribution in [2.24, 2.45) is 0 Å². The number of rotatable bonds is 9. The summed E-state index contributed by atoms with van der Waals surface area (Å²) in [7, 11) is 0. The number of thiazole rings is 1. The summed E-state index contributed by atoms with van der Waals surface area (Å²) in [5.41, 5.74) is 2.08. The van der Waals surface area contributed by atoms with Crippen molar-refractivity contribution in [3.8, 4) is 0 Å². The van der Waals surface area contributed by atoms with Crippen molar-refractivity contribution in [1.29, 1.82) is 0 Å². The quantitative estimate of drug-likeness (QED) is 0.357. The van der Waals surface area contributed by atoms with Crippen molar-refractivity contribution >= 4 is 34.9 Å². The van der Waals surface area contributed by atoms with Gasteiger partial charge >= 0.3 is 0 Å². The van der Waals surface area contributed by atoms with E-state index in [1.165, 1.54) is 23.1 Å². The van der Waals surface area contributed by atoms with Gasteiger partial charge in [-0.3, -0.25) is 9.59 Å². The number of thioether (sulfide) groups is 1. The van der Waals surface area contributed by atoms with Crippen LogP contribution in [0.15, 0.2) is 53.9 Å². The standard InChI is InChI=1S/C23H26N6O2S2/c1-2-12-32-22-18(4-3-8-26-22)23(31)29-10-6-16(7-11-29)21-28-19(14-33-21)20(30)25-9-5-17-13-24-15-27-17/h2-4,8,13-16H,1,5-7,9-12H2,(H,24,27)(H,25,30). The molecule has 8 nitrogen and oxygen atoms in total. The summed E-state index contributed by atoms with van der Waals surface area (Å²) < 4.78 is 0. The fraction of sp³-hybridized carbons (Fsp3) is 0.348. The maximum atomic E-state index is 13.1. The number of aromatic amines is 1. The Morgan fingerprint density at radius 3 is 2.97 bits per heavy atom. The van der Waals surface area contributed by atoms with Gasteiger partial charge in [0.25, 0.3) is 11.8 Å². The van der Waals surface area contributed by atoms with Gasteiger partial charge in [0.2, 0.25) is 0 Å². The largest absolute Gasteiger partial charge is 0.350 e. The lowest BCUT2D eigenvalue weighted by molar-refractivity contribution is 0.0708. The molecule has 0 aromatic carbocycles. The van der Waals surface area contributed by atoms with Crippen LogP contribution in [0.3, 0.4) is 0 Å². The topological polar surface area (TPSA) is 104 Å². The minimum atomic E-state index is -0.161. The molecule has 1 aliphatic rings. The average Bonchev–Trinajstić information content (AvgIpc) is 3.55. The van der Waals surface area contributed by atoms with Gasteiger partial charge in [-0.25, -0.2) is 15.0 Å². The Hall–Kier alpha value is -2.98. The predicted molar refractivity (Wildman–Crippen MR) is 130 cm³/mol. The van der Waals surface area contributed by atoms with Gasteiger partial charge in [-0.05, 0) is 25.0 Å². The first kappa shape index (κ1) is 23.2. The van der Waals surface area contributed by atoms with E-state index >= 15 is 0 Å². The number of imidazole rings is 1. The van der Waals surface area contributed by atoms with Crippen LogP contribution >= 0.6 is 23.1 Å². The second kappa shape index (κ2) is 11.2. The van der Waals surface area contributed by atoms with Crippen molar-refractivity contribution in [2.75, 3.05) is 25.4 Å². The predicted octanol–water partition coefficient (Wildman–Crippen LogP) is 3.53. The van der Waals surface area contributed by atoms with Gasteiger partial charge in [-0.15, -0.1) is 29.7 Å². The highest BCUT2D eigenvalue weighted by Gasteiger charge is 2.28. The van der Waals surface area contributed by atoms with E-state index in [2.05, 4.69) is 31.8 Å². The highest BCUT2D eigenvalue weighted by molar-refractivity contribution is 7.99. The molecule has 0 aliphatic carbocycles. The van der Waals surface area contributed by atoms with E-state index in [1.807, 2.05) is 16.3 Å². The van der Waals surface area contributed by atoms with Gasteiger partial charge in [0, 0.05) is 61.2 Å². The molecule has 0 atom stereocenters. The van der Waals surface area contributed by atoms with Crippen molar-refractivity contribution in [3.05, 3.63) is 70.8 Å². The summed E-state index contributed by atoms with van der Waals surface area (Å²) in [6.45, 7) is 5.58. The second-order valence-electron chi connectivity index (χ2n) is 7.68. The molecule has 0 spiro atoms. The van der Waals surface area contributed by atoms with Crippen LogP contribution in [0.2, 0.25) is 0 Å². The number of carbonyl (C=O) groups is 2. The third-order valence-corrected chi connectivity index (χ3v) is 7.47. The molecule has 4 heterocycles. The Kier molecular flexibility index (Phi) is 7.90. The highest BCUT2D eigenvalue weighted by atomic mass is 32.2. The van der Waals surface area contributed by atoms with E-state index in [1.54, 1.807) is 30.9 Å². The number of pyridine rings is 1. The van der Waals surface area contributed by atoms with Gasteiger partial charge in [0.1, 0.15) is 10.7 Å². The van der Waals surface area contributed by atoms with E-state index in [-0.39, 0.29) is 17.7 Å². The Morgan fingerprint density at radius 1 is 1.36 bits per heavy atom. The van der Waals surface area contributed by atoms with Gasteiger partial charge < -0.3 is 15.2 Å². The maximum Gasteiger partial charge on any atom is 0.270 e. The number of carbonyl (C=O) groups excluding carboxylic acids is 2. The van der Waals surface area contributed by atoms with E-state index in [0.717, 1.165) is 28.6 Å². The monoisotopic (exact) mass is 482 g/mol. The summed E-state index contributed by atoms with van der Waals surface area (Å²) in [4.78, 5) is 43.3. The van der Waals surface area contributed by atoms with Crippen molar-refractivity contribution < 1.29 is 9.59 Å². The normalized spacial score (nSPS) is 14.2. The minimum absolute atomic E-state index is 0.0181. The van der Waals surface area contributed by atoms with Crippen LogP contribution in [0.4, 0.5) is 0 Å². The van der Waals surface area contributed by atoms with Crippen molar-refractivity contribution in [3.63, 3.8) is 0 Å². The lowest BCUT2D eigenvalue weighted by Gasteiger charge is -2.31. The number of aromatic nitrogens is 4. The smallest absolute Gasteiger partial charge is 0.270 e. The summed E-state index contributed by atoms with van der Waals surface area (Å²) in [6, 6.07) is 3.64. The van der Waals surface area contributed by atoms with Crippen LogP contribution in [0, 0.1) is 0 Å². The Morgan fingerprint density at radius 2 is 2.21 bits per heavy atom. The number of nitrogens with one attached hydrogen (secondary N) is 2. The highest BCUT2D eigenvalue weighted by Crippen LogP contribution is 2.31. The number of nitrogens with zero attached hydrogens (tertiary/aromatic N) is 4. The number of H-pyrrole nitrogens is 1. The molecule has 3 aromatic heterocycles. The molecule has 0 saturated carbocycles. The molecule has 1 aliphatic heterocycles. The lowest BCUT2D eigenvalue weighted by Crippen LogP contribution is -2.38. The van der Waals surface area contributed by atoms with Crippen molar-refractivity contribution in [2.45, 2.75) is 30.2 Å². The molecular formula is C23H26N6O2S2. The van der Waals surface area contributed by atoms with Crippen LogP contribution < -0.4 is 5.32 Å². The van der Waals surface area contributed by atoms with Crippen LogP contribution in [-0.4, -0.2) is 62.0 Å². The number of amides is 2. The molecule has 0 bridgehead atoms. The molecular weight excluding hydrogens is 456 g/mol. The first-order valence-corrected chi connectivity index (χ1v) is 12.7. The van der Waals surface area contributed by atoms with Crippen LogP contribution in [-0.2, 0) is 6.42 Å². The third kappa shape index (κ3) is 5.88. The Balaban J connectivity index is 1.29. The zero-order valence-electron chi connectivity index (χ0n) is 18.2. The first-order valence-electron chi connectivity index (χ1n) is 10.8. The zero-order valence-corrected chi connectivity index (χ0v) is 19.8. The van der Waals surface area contributed by atoms with E-state index < -0.39 is 0 Å². The Labute approximate surface area is 200 Å². The minimum Gasteiger partial charge on any atom is -0.350 e. The SMILES string of the molecule is C=CCSc1ncccc1C(=O)N1CCC(c2nc(C(=O)NCCc3cnc[nH]3)cs2)CC1. The molecule has 33 heavy (non-hydrogen) atoms. The number of piperidine rings is 1. The number of hydrogen-bond acceptors (Lipinski definition) is 7. The summed E-state index contributed by atoms with van der Waals surface area (Å²) in [5.74, 6) is 0.826. The summed E-state index contributed by atoms with van der Waals surface area (Å²) in [5, 5.41) is 6.43. The fourth-order valence-corrected chi connectivity index (χ4v) is 5.40. The molecule has 10 heteroatoms. The van der Waals surface area contributed by atoms with E-state index in [9.17, 15) is 9.59 Å². The summed E-state index contributed by atoms with van der Waals surface area (Å²) >= 11 is 3.04. The Bertz CT molecular complexity index is 1090. The molecule has 4 rings (SSSR count). The van der Waals surface area contributed by atoms with Gasteiger partial charge in [-0.1, -0.05) is 6.08 Å². The molecule has 2 amide bonds. The molecule has 2 N–H and O–H groups in total. The molecule has 0 radical (unpaired) electrons. The maximum absolute atomic E-state index is 13.1. The second-order valence-corrected chi connectivity index (χ2v) is 9.57. The fourth-order valence-electron chi connectivity index (χ4n) is 3.71. The van der Waals surface area contributed by atoms with Gasteiger partial charge in [0.05, 0.1) is 16.9 Å². The molecule has 3 aromatic rings. The van der Waals surface area contributed by atoms with Crippen LogP contribution in [0.25, 0.3) is 0 Å². The number of likely N-dealkylation sites (tertiary alicyclic amines) is 1. The summed E-state index contributed by atoms with van der Waals surface area (Å²) in [6.07, 6.45) is 9.24. The molecule has 1 saturated heterocycles. The van der Waals surface area contributed by atoms with Crippen LogP contribution in [0.5, 0.6) is 0 Å².